The van der Waals surface area contributed by atoms with Gasteiger partial charge in [0.05, 0.1) is 22.7 Å². The third kappa shape index (κ3) is 4.79. The molecule has 0 fully saturated rings. The molecule has 2 aromatic heterocycles. The Bertz CT molecular complexity index is 1070. The number of rotatable bonds is 4. The van der Waals surface area contributed by atoms with Gasteiger partial charge in [0.25, 0.3) is 0 Å². The summed E-state index contributed by atoms with van der Waals surface area (Å²) in [5, 5.41) is 16.7. The summed E-state index contributed by atoms with van der Waals surface area (Å²) in [6, 6.07) is 7.79. The van der Waals surface area contributed by atoms with Crippen molar-refractivity contribution >= 4 is 44.5 Å². The molecule has 30 heavy (non-hydrogen) atoms. The Kier molecular flexibility index (Phi) is 7.05. The van der Waals surface area contributed by atoms with E-state index in [0.29, 0.717) is 17.2 Å². The second-order valence-corrected chi connectivity index (χ2v) is 8.73. The Morgan fingerprint density at radius 1 is 1.30 bits per heavy atom. The predicted octanol–water partition coefficient (Wildman–Crippen LogP) is 6.00. The molecule has 2 N–H and O–H groups in total. The Hall–Kier alpha value is -2.93. The number of ether oxygens (including phenoxy) is 1. The Balaban J connectivity index is 0.000000589. The number of carbonyl (C=O) groups excluding carboxylic acids is 1. The molecule has 0 spiro atoms. The van der Waals surface area contributed by atoms with Crippen LogP contribution in [0.5, 0.6) is 0 Å². The molecule has 0 aliphatic heterocycles. The van der Waals surface area contributed by atoms with E-state index in [1.807, 2.05) is 24.3 Å². The summed E-state index contributed by atoms with van der Waals surface area (Å²) in [7, 11) is 0. The lowest BCUT2D eigenvalue weighted by molar-refractivity contribution is 0.0533. The molecule has 0 radical (unpaired) electrons. The van der Waals surface area contributed by atoms with Crippen LogP contribution in [-0.4, -0.2) is 28.5 Å². The lowest BCUT2D eigenvalue weighted by atomic mass is 10.1. The Morgan fingerprint density at radius 3 is 2.77 bits per heavy atom. The van der Waals surface area contributed by atoms with Gasteiger partial charge in [0.2, 0.25) is 0 Å². The molecule has 0 bridgehead atoms. The highest BCUT2D eigenvalue weighted by Crippen LogP contribution is 2.38. The van der Waals surface area contributed by atoms with Crippen molar-refractivity contribution < 1.29 is 14.7 Å². The molecular formula is C23H27N3O3S. The van der Waals surface area contributed by atoms with E-state index in [4.69, 9.17) is 9.94 Å². The largest absolute Gasteiger partial charge is 0.462 e. The highest BCUT2D eigenvalue weighted by Gasteiger charge is 2.22. The van der Waals surface area contributed by atoms with Crippen LogP contribution in [0, 0.1) is 5.92 Å². The van der Waals surface area contributed by atoms with E-state index in [9.17, 15) is 4.79 Å². The maximum Gasteiger partial charge on any atom is 0.350 e. The van der Waals surface area contributed by atoms with Gasteiger partial charge in [-0.15, -0.1) is 11.3 Å². The molecule has 0 saturated carbocycles. The zero-order chi connectivity index (χ0) is 21.7. The summed E-state index contributed by atoms with van der Waals surface area (Å²) < 4.78 is 6.13. The number of aromatic nitrogens is 1. The van der Waals surface area contributed by atoms with Crippen LogP contribution in [0.3, 0.4) is 0 Å². The maximum atomic E-state index is 12.4. The van der Waals surface area contributed by atoms with Crippen molar-refractivity contribution in [3.8, 4) is 0 Å². The molecule has 158 valence electrons. The smallest absolute Gasteiger partial charge is 0.350 e. The van der Waals surface area contributed by atoms with Crippen molar-refractivity contribution in [2.45, 2.75) is 40.5 Å². The number of carbonyl (C=O) groups is 1. The molecular weight excluding hydrogens is 398 g/mol. The van der Waals surface area contributed by atoms with E-state index in [1.165, 1.54) is 11.3 Å². The van der Waals surface area contributed by atoms with Gasteiger partial charge in [0.1, 0.15) is 4.88 Å². The first-order valence-corrected chi connectivity index (χ1v) is 10.9. The molecule has 0 saturated heterocycles. The number of benzene rings is 1. The van der Waals surface area contributed by atoms with Crippen LogP contribution in [0.4, 0.5) is 11.4 Å². The van der Waals surface area contributed by atoms with Gasteiger partial charge in [-0.1, -0.05) is 32.0 Å². The van der Waals surface area contributed by atoms with E-state index >= 15 is 0 Å². The summed E-state index contributed by atoms with van der Waals surface area (Å²) in [6.07, 6.45) is 5.03. The van der Waals surface area contributed by atoms with E-state index in [1.54, 1.807) is 19.3 Å². The van der Waals surface area contributed by atoms with Crippen molar-refractivity contribution in [1.82, 2.24) is 4.98 Å². The van der Waals surface area contributed by atoms with E-state index in [-0.39, 0.29) is 5.97 Å². The molecule has 6 nitrogen and oxygen atoms in total. The number of esters is 1. The SMILES string of the molecule is CC(C)C.CCOC(=O)c1sc2cnccc2c1Nc1ccc2c(c1)CC/C2=N\O. The van der Waals surface area contributed by atoms with Crippen molar-refractivity contribution in [2.24, 2.45) is 11.1 Å². The normalized spacial score (nSPS) is 13.8. The molecule has 0 atom stereocenters. The van der Waals surface area contributed by atoms with Gasteiger partial charge in [-0.3, -0.25) is 4.98 Å². The lowest BCUT2D eigenvalue weighted by Gasteiger charge is -2.10. The lowest BCUT2D eigenvalue weighted by Crippen LogP contribution is -2.05. The van der Waals surface area contributed by atoms with Gasteiger partial charge in [-0.05, 0) is 49.4 Å². The first-order chi connectivity index (χ1) is 14.4. The molecule has 2 heterocycles. The van der Waals surface area contributed by atoms with Crippen molar-refractivity contribution in [3.05, 3.63) is 52.7 Å². The summed E-state index contributed by atoms with van der Waals surface area (Å²) in [5.41, 5.74) is 4.43. The first-order valence-electron chi connectivity index (χ1n) is 10.1. The standard InChI is InChI=1S/C19H17N3O3S.C4H10/c1-2-25-19(23)18-17(14-7-8-20-10-16(14)26-18)21-12-4-5-13-11(9-12)3-6-15(13)22-24;1-4(2)3/h4-5,7-10,21,24H,2-3,6H2,1H3;4H,1-3H3/b22-15+;. The van der Waals surface area contributed by atoms with Crippen LogP contribution < -0.4 is 5.32 Å². The van der Waals surface area contributed by atoms with Crippen molar-refractivity contribution in [2.75, 3.05) is 11.9 Å². The van der Waals surface area contributed by atoms with Gasteiger partial charge >= 0.3 is 5.97 Å². The molecule has 0 unspecified atom stereocenters. The quantitative estimate of drug-likeness (QED) is 0.304. The van der Waals surface area contributed by atoms with Gasteiger partial charge < -0.3 is 15.3 Å². The van der Waals surface area contributed by atoms with Crippen LogP contribution in [0.25, 0.3) is 10.1 Å². The number of nitrogens with one attached hydrogen (secondary N) is 1. The number of aryl methyl sites for hydroxylation is 1. The minimum absolute atomic E-state index is 0.326. The highest BCUT2D eigenvalue weighted by molar-refractivity contribution is 7.21. The molecule has 1 aliphatic carbocycles. The molecule has 1 aliphatic rings. The third-order valence-corrected chi connectivity index (χ3v) is 5.51. The minimum Gasteiger partial charge on any atom is -0.462 e. The van der Waals surface area contributed by atoms with E-state index in [2.05, 4.69) is 36.2 Å². The average Bonchev–Trinajstić information content (AvgIpc) is 3.29. The monoisotopic (exact) mass is 425 g/mol. The summed E-state index contributed by atoms with van der Waals surface area (Å²) >= 11 is 1.37. The zero-order valence-corrected chi connectivity index (χ0v) is 18.5. The van der Waals surface area contributed by atoms with Crippen LogP contribution in [0.15, 0.2) is 41.8 Å². The topological polar surface area (TPSA) is 83.8 Å². The summed E-state index contributed by atoms with van der Waals surface area (Å²) in [6.45, 7) is 8.62. The number of nitrogens with zero attached hydrogens (tertiary/aromatic N) is 2. The minimum atomic E-state index is -0.341. The van der Waals surface area contributed by atoms with Gasteiger partial charge in [-0.25, -0.2) is 4.79 Å². The maximum absolute atomic E-state index is 12.4. The van der Waals surface area contributed by atoms with Gasteiger partial charge in [-0.2, -0.15) is 0 Å². The third-order valence-electron chi connectivity index (χ3n) is 4.39. The second kappa shape index (κ2) is 9.71. The van der Waals surface area contributed by atoms with Crippen LogP contribution in [0.1, 0.15) is 54.9 Å². The van der Waals surface area contributed by atoms with Gasteiger partial charge in [0, 0.05) is 29.0 Å². The number of anilines is 2. The average molecular weight is 426 g/mol. The fraction of sp³-hybridized carbons (Fsp3) is 0.348. The Morgan fingerprint density at radius 2 is 2.07 bits per heavy atom. The molecule has 0 amide bonds. The number of hydrogen-bond acceptors (Lipinski definition) is 7. The number of hydrogen-bond donors (Lipinski definition) is 2. The predicted molar refractivity (Wildman–Crippen MR) is 122 cm³/mol. The molecule has 7 heteroatoms. The number of fused-ring (bicyclic) bond motifs is 2. The molecule has 3 aromatic rings. The van der Waals surface area contributed by atoms with Crippen molar-refractivity contribution in [1.29, 1.82) is 0 Å². The fourth-order valence-corrected chi connectivity index (χ4v) is 4.23. The van der Waals surface area contributed by atoms with Crippen LogP contribution >= 0.6 is 11.3 Å². The molecule has 1 aromatic carbocycles. The highest BCUT2D eigenvalue weighted by atomic mass is 32.1. The number of oxime groups is 1. The zero-order valence-electron chi connectivity index (χ0n) is 17.7. The van der Waals surface area contributed by atoms with E-state index < -0.39 is 0 Å². The van der Waals surface area contributed by atoms with E-state index in [0.717, 1.165) is 51.3 Å². The Labute approximate surface area is 180 Å². The first kappa shape index (κ1) is 21.8. The fourth-order valence-electron chi connectivity index (χ4n) is 3.21. The van der Waals surface area contributed by atoms with Gasteiger partial charge in [0.15, 0.2) is 0 Å². The number of pyridine rings is 1. The molecule has 4 rings (SSSR count). The van der Waals surface area contributed by atoms with Crippen molar-refractivity contribution in [3.63, 3.8) is 0 Å². The van der Waals surface area contributed by atoms with Crippen LogP contribution in [-0.2, 0) is 11.2 Å². The summed E-state index contributed by atoms with van der Waals surface area (Å²) in [5.74, 6) is 0.493. The second-order valence-electron chi connectivity index (χ2n) is 7.67. The summed E-state index contributed by atoms with van der Waals surface area (Å²) in [4.78, 5) is 17.1. The number of thiophene rings is 1. The van der Waals surface area contributed by atoms with Crippen LogP contribution in [0.2, 0.25) is 0 Å².